The molecule has 0 spiro atoms. The van der Waals surface area contributed by atoms with Crippen LogP contribution in [-0.2, 0) is 0 Å². The molecule has 1 saturated carbocycles. The number of nitrogens with zero attached hydrogens (tertiary/aromatic N) is 1. The van der Waals surface area contributed by atoms with E-state index in [1.165, 1.54) is 25.7 Å². The summed E-state index contributed by atoms with van der Waals surface area (Å²) in [4.78, 5) is 0. The van der Waals surface area contributed by atoms with Gasteiger partial charge in [0.1, 0.15) is 5.84 Å². The molecule has 0 bridgehead atoms. The van der Waals surface area contributed by atoms with Crippen molar-refractivity contribution in [1.29, 1.82) is 0 Å². The van der Waals surface area contributed by atoms with E-state index >= 15 is 0 Å². The number of hydrogen-bond acceptors (Lipinski definition) is 3. The predicted octanol–water partition coefficient (Wildman–Crippen LogP) is 2.32. The zero-order chi connectivity index (χ0) is 12.7. The maximum absolute atomic E-state index is 8.56. The van der Waals surface area contributed by atoms with E-state index in [0.717, 1.165) is 24.8 Å². The predicted molar refractivity (Wildman–Crippen MR) is 71.2 cm³/mol. The van der Waals surface area contributed by atoms with Crippen LogP contribution in [0.2, 0.25) is 0 Å². The lowest BCUT2D eigenvalue weighted by molar-refractivity contribution is 0.272. The van der Waals surface area contributed by atoms with Crippen LogP contribution in [0.25, 0.3) is 0 Å². The number of oxime groups is 1. The minimum absolute atomic E-state index is 0.321. The summed E-state index contributed by atoms with van der Waals surface area (Å²) in [5, 5.41) is 15.1. The fraction of sp³-hybridized carbons (Fsp3) is 0.923. The van der Waals surface area contributed by atoms with Crippen LogP contribution in [0.1, 0.15) is 52.4 Å². The zero-order valence-electron chi connectivity index (χ0n) is 11.2. The van der Waals surface area contributed by atoms with E-state index in [9.17, 15) is 0 Å². The number of nitrogens with one attached hydrogen (secondary N) is 1. The average molecular weight is 241 g/mol. The van der Waals surface area contributed by atoms with Crippen LogP contribution >= 0.6 is 0 Å². The van der Waals surface area contributed by atoms with Gasteiger partial charge in [0.25, 0.3) is 0 Å². The second-order valence-electron chi connectivity index (χ2n) is 5.43. The molecule has 0 saturated heterocycles. The van der Waals surface area contributed by atoms with Crippen LogP contribution in [0.15, 0.2) is 5.16 Å². The van der Waals surface area contributed by atoms with Crippen molar-refractivity contribution in [3.63, 3.8) is 0 Å². The largest absolute Gasteiger partial charge is 0.409 e. The molecule has 1 aliphatic carbocycles. The third-order valence-electron chi connectivity index (χ3n) is 3.91. The van der Waals surface area contributed by atoms with Crippen molar-refractivity contribution in [2.24, 2.45) is 22.7 Å². The molecule has 1 unspecified atom stereocenters. The lowest BCUT2D eigenvalue weighted by Crippen LogP contribution is -2.37. The Morgan fingerprint density at radius 2 is 2.06 bits per heavy atom. The Morgan fingerprint density at radius 3 is 2.59 bits per heavy atom. The van der Waals surface area contributed by atoms with E-state index in [1.807, 2.05) is 0 Å². The first-order chi connectivity index (χ1) is 8.15. The molecule has 0 aromatic rings. The number of hydrogen-bond donors (Lipinski definition) is 3. The average Bonchev–Trinajstić information content (AvgIpc) is 2.36. The van der Waals surface area contributed by atoms with Crippen LogP contribution in [0.4, 0.5) is 0 Å². The van der Waals surface area contributed by atoms with Gasteiger partial charge in [-0.15, -0.1) is 0 Å². The third kappa shape index (κ3) is 5.39. The van der Waals surface area contributed by atoms with Gasteiger partial charge in [-0.25, -0.2) is 0 Å². The lowest BCUT2D eigenvalue weighted by atomic mass is 9.83. The Labute approximate surface area is 105 Å². The highest BCUT2D eigenvalue weighted by Gasteiger charge is 2.19. The molecule has 0 heterocycles. The van der Waals surface area contributed by atoms with Crippen molar-refractivity contribution in [3.8, 4) is 0 Å². The molecule has 1 rings (SSSR count). The summed E-state index contributed by atoms with van der Waals surface area (Å²) in [6.45, 7) is 5.55. The molecule has 4 heteroatoms. The summed E-state index contributed by atoms with van der Waals surface area (Å²) >= 11 is 0. The Morgan fingerprint density at radius 1 is 1.41 bits per heavy atom. The van der Waals surface area contributed by atoms with Crippen LogP contribution in [0.5, 0.6) is 0 Å². The van der Waals surface area contributed by atoms with E-state index in [4.69, 9.17) is 10.9 Å². The second-order valence-corrected chi connectivity index (χ2v) is 5.43. The second kappa shape index (κ2) is 7.54. The fourth-order valence-corrected chi connectivity index (χ4v) is 2.52. The van der Waals surface area contributed by atoms with Gasteiger partial charge in [0.05, 0.1) is 0 Å². The molecule has 0 aliphatic heterocycles. The van der Waals surface area contributed by atoms with Crippen LogP contribution < -0.4 is 11.1 Å². The smallest absolute Gasteiger partial charge is 0.140 e. The highest BCUT2D eigenvalue weighted by atomic mass is 16.4. The normalized spacial score (nSPS) is 28.0. The Balaban J connectivity index is 2.23. The summed E-state index contributed by atoms with van der Waals surface area (Å²) in [7, 11) is 0. The van der Waals surface area contributed by atoms with Crippen molar-refractivity contribution >= 4 is 5.84 Å². The quantitative estimate of drug-likeness (QED) is 0.289. The van der Waals surface area contributed by atoms with Gasteiger partial charge < -0.3 is 16.3 Å². The van der Waals surface area contributed by atoms with E-state index in [0.29, 0.717) is 18.3 Å². The molecule has 0 amide bonds. The highest BCUT2D eigenvalue weighted by Crippen LogP contribution is 2.27. The number of amidine groups is 1. The van der Waals surface area contributed by atoms with E-state index in [1.54, 1.807) is 0 Å². The standard InChI is InChI=1S/C13H27N3O/c1-3-12(8-13(14)16-17)15-9-11-6-4-10(2)5-7-11/h10-12,15,17H,3-9H2,1-2H3,(H2,14,16). The van der Waals surface area contributed by atoms with Gasteiger partial charge in [-0.2, -0.15) is 0 Å². The Hall–Kier alpha value is -0.770. The molecule has 0 aromatic carbocycles. The minimum atomic E-state index is 0.321. The first-order valence-corrected chi connectivity index (χ1v) is 6.85. The van der Waals surface area contributed by atoms with Crippen molar-refractivity contribution in [2.75, 3.05) is 6.54 Å². The van der Waals surface area contributed by atoms with E-state index < -0.39 is 0 Å². The van der Waals surface area contributed by atoms with Crippen LogP contribution in [0.3, 0.4) is 0 Å². The van der Waals surface area contributed by atoms with Gasteiger partial charge >= 0.3 is 0 Å². The molecular weight excluding hydrogens is 214 g/mol. The van der Waals surface area contributed by atoms with Crippen LogP contribution in [-0.4, -0.2) is 23.6 Å². The molecule has 0 aromatic heterocycles. The van der Waals surface area contributed by atoms with Crippen molar-refractivity contribution in [3.05, 3.63) is 0 Å². The summed E-state index contributed by atoms with van der Waals surface area (Å²) in [6, 6.07) is 0.338. The van der Waals surface area contributed by atoms with Gasteiger partial charge in [-0.3, -0.25) is 0 Å². The summed E-state index contributed by atoms with van der Waals surface area (Å²) in [6.07, 6.45) is 7.06. The molecule has 1 atom stereocenters. The third-order valence-corrected chi connectivity index (χ3v) is 3.91. The molecule has 4 N–H and O–H groups in total. The lowest BCUT2D eigenvalue weighted by Gasteiger charge is -2.28. The summed E-state index contributed by atoms with van der Waals surface area (Å²) in [5.74, 6) is 2.04. The van der Waals surface area contributed by atoms with Crippen molar-refractivity contribution < 1.29 is 5.21 Å². The van der Waals surface area contributed by atoms with Gasteiger partial charge in [-0.05, 0) is 37.6 Å². The van der Waals surface area contributed by atoms with Gasteiger partial charge in [0, 0.05) is 12.5 Å². The number of rotatable bonds is 6. The van der Waals surface area contributed by atoms with Gasteiger partial charge in [0.2, 0.25) is 0 Å². The fourth-order valence-electron chi connectivity index (χ4n) is 2.52. The van der Waals surface area contributed by atoms with E-state index in [2.05, 4.69) is 24.3 Å². The molecular formula is C13H27N3O. The minimum Gasteiger partial charge on any atom is -0.409 e. The van der Waals surface area contributed by atoms with Crippen molar-refractivity contribution in [1.82, 2.24) is 5.32 Å². The molecule has 17 heavy (non-hydrogen) atoms. The van der Waals surface area contributed by atoms with Gasteiger partial charge in [0.15, 0.2) is 0 Å². The van der Waals surface area contributed by atoms with E-state index in [-0.39, 0.29) is 0 Å². The maximum atomic E-state index is 8.56. The maximum Gasteiger partial charge on any atom is 0.140 e. The molecule has 100 valence electrons. The zero-order valence-corrected chi connectivity index (χ0v) is 11.2. The molecule has 4 nitrogen and oxygen atoms in total. The monoisotopic (exact) mass is 241 g/mol. The van der Waals surface area contributed by atoms with Gasteiger partial charge in [-0.1, -0.05) is 31.8 Å². The Kier molecular flexibility index (Phi) is 6.34. The Bertz CT molecular complexity index is 235. The first-order valence-electron chi connectivity index (χ1n) is 6.85. The summed E-state index contributed by atoms with van der Waals surface area (Å²) < 4.78 is 0. The molecule has 1 fully saturated rings. The molecule has 0 radical (unpaired) electrons. The SMILES string of the molecule is CCC(CC(N)=NO)NCC1CCC(C)CC1. The molecule has 1 aliphatic rings. The summed E-state index contributed by atoms with van der Waals surface area (Å²) in [5.41, 5.74) is 5.54. The van der Waals surface area contributed by atoms with Crippen molar-refractivity contribution in [2.45, 2.75) is 58.4 Å². The van der Waals surface area contributed by atoms with Crippen LogP contribution in [0, 0.1) is 11.8 Å². The highest BCUT2D eigenvalue weighted by molar-refractivity contribution is 5.80. The number of nitrogens with two attached hydrogens (primary N) is 1. The first kappa shape index (κ1) is 14.3. The topological polar surface area (TPSA) is 70.6 Å².